The zero-order valence-electron chi connectivity index (χ0n) is 15.0. The van der Waals surface area contributed by atoms with Crippen molar-refractivity contribution in [1.29, 1.82) is 0 Å². The molecule has 0 atom stereocenters. The number of alkyl halides is 2. The molecule has 1 aliphatic carbocycles. The SMILES string of the molecule is CC(C)Oc1ccc2c(c1)C(c1ccnc(NC(=O)C3CC(F)(F)C3)c1)=N2. The van der Waals surface area contributed by atoms with Crippen molar-refractivity contribution in [3.8, 4) is 5.75 Å². The van der Waals surface area contributed by atoms with Gasteiger partial charge in [-0.15, -0.1) is 0 Å². The first-order valence-electron chi connectivity index (χ1n) is 8.86. The lowest BCUT2D eigenvalue weighted by Crippen LogP contribution is -2.42. The van der Waals surface area contributed by atoms with Crippen LogP contribution in [0.5, 0.6) is 5.75 Å². The summed E-state index contributed by atoms with van der Waals surface area (Å²) in [5, 5.41) is 2.62. The van der Waals surface area contributed by atoms with Crippen LogP contribution in [0.3, 0.4) is 0 Å². The van der Waals surface area contributed by atoms with E-state index in [1.54, 1.807) is 18.3 Å². The van der Waals surface area contributed by atoms with E-state index in [4.69, 9.17) is 4.74 Å². The van der Waals surface area contributed by atoms with Gasteiger partial charge in [-0.2, -0.15) is 0 Å². The Bertz CT molecular complexity index is 933. The normalized spacial score (nSPS) is 17.4. The molecule has 1 amide bonds. The largest absolute Gasteiger partial charge is 0.491 e. The number of halogens is 2. The Morgan fingerprint density at radius 3 is 2.74 bits per heavy atom. The van der Waals surface area contributed by atoms with Crippen molar-refractivity contribution < 1.29 is 18.3 Å². The van der Waals surface area contributed by atoms with Crippen molar-refractivity contribution in [2.24, 2.45) is 10.9 Å². The number of aromatic nitrogens is 1. The molecule has 7 heteroatoms. The summed E-state index contributed by atoms with van der Waals surface area (Å²) < 4.78 is 31.6. The topological polar surface area (TPSA) is 63.6 Å². The number of ether oxygens (including phenoxy) is 1. The number of hydrogen-bond acceptors (Lipinski definition) is 4. The summed E-state index contributed by atoms with van der Waals surface area (Å²) in [6.07, 6.45) is 0.828. The molecule has 0 saturated heterocycles. The summed E-state index contributed by atoms with van der Waals surface area (Å²) >= 11 is 0. The maximum Gasteiger partial charge on any atom is 0.249 e. The van der Waals surface area contributed by atoms with Gasteiger partial charge in [0.15, 0.2) is 0 Å². The molecule has 0 radical (unpaired) electrons. The Morgan fingerprint density at radius 2 is 2.04 bits per heavy atom. The number of aliphatic imine (C=N–C) groups is 1. The zero-order valence-corrected chi connectivity index (χ0v) is 15.0. The monoisotopic (exact) mass is 371 g/mol. The number of amides is 1. The number of carbonyl (C=O) groups excluding carboxylic acids is 1. The number of hydrogen-bond donors (Lipinski definition) is 1. The molecule has 1 aromatic carbocycles. The molecule has 1 aliphatic heterocycles. The van der Waals surface area contributed by atoms with E-state index in [0.717, 1.165) is 28.3 Å². The molecule has 2 aliphatic rings. The lowest BCUT2D eigenvalue weighted by atomic mass is 9.81. The Morgan fingerprint density at radius 1 is 1.26 bits per heavy atom. The van der Waals surface area contributed by atoms with Gasteiger partial charge in [0.05, 0.1) is 17.5 Å². The van der Waals surface area contributed by atoms with Crippen LogP contribution in [0.2, 0.25) is 0 Å². The molecule has 1 fully saturated rings. The molecular formula is C20H19F2N3O2. The third-order valence-corrected chi connectivity index (χ3v) is 4.57. The van der Waals surface area contributed by atoms with Gasteiger partial charge in [0.1, 0.15) is 11.6 Å². The number of nitrogens with one attached hydrogen (secondary N) is 1. The number of nitrogens with zero attached hydrogens (tertiary/aromatic N) is 2. The highest BCUT2D eigenvalue weighted by Crippen LogP contribution is 2.42. The first-order chi connectivity index (χ1) is 12.8. The average Bonchev–Trinajstić information content (AvgIpc) is 2.55. The Labute approximate surface area is 155 Å². The molecule has 0 spiro atoms. The maximum absolute atomic E-state index is 12.9. The van der Waals surface area contributed by atoms with Crippen LogP contribution in [0.4, 0.5) is 20.3 Å². The van der Waals surface area contributed by atoms with Crippen LogP contribution < -0.4 is 10.1 Å². The van der Waals surface area contributed by atoms with Gasteiger partial charge in [0.2, 0.25) is 11.8 Å². The quantitative estimate of drug-likeness (QED) is 0.726. The summed E-state index contributed by atoms with van der Waals surface area (Å²) in [4.78, 5) is 20.7. The minimum atomic E-state index is -2.72. The van der Waals surface area contributed by atoms with Crippen LogP contribution in [-0.2, 0) is 4.79 Å². The minimum Gasteiger partial charge on any atom is -0.491 e. The predicted octanol–water partition coefficient (Wildman–Crippen LogP) is 4.34. The fourth-order valence-electron chi connectivity index (χ4n) is 3.22. The molecule has 0 bridgehead atoms. The van der Waals surface area contributed by atoms with E-state index in [1.165, 1.54) is 0 Å². The third-order valence-electron chi connectivity index (χ3n) is 4.57. The lowest BCUT2D eigenvalue weighted by molar-refractivity contribution is -0.145. The van der Waals surface area contributed by atoms with Gasteiger partial charge < -0.3 is 10.1 Å². The van der Waals surface area contributed by atoms with Crippen LogP contribution in [0.15, 0.2) is 41.5 Å². The molecule has 140 valence electrons. The first-order valence-corrected chi connectivity index (χ1v) is 8.86. The number of carbonyl (C=O) groups is 1. The number of benzene rings is 1. The van der Waals surface area contributed by atoms with Gasteiger partial charge in [-0.3, -0.25) is 4.79 Å². The van der Waals surface area contributed by atoms with Crippen molar-refractivity contribution in [3.05, 3.63) is 47.7 Å². The minimum absolute atomic E-state index is 0.0742. The maximum atomic E-state index is 12.9. The highest BCUT2D eigenvalue weighted by Gasteiger charge is 2.48. The van der Waals surface area contributed by atoms with Crippen LogP contribution in [0.1, 0.15) is 37.8 Å². The van der Waals surface area contributed by atoms with Crippen molar-refractivity contribution in [3.63, 3.8) is 0 Å². The molecule has 2 heterocycles. The Balaban J connectivity index is 1.48. The van der Waals surface area contributed by atoms with E-state index in [2.05, 4.69) is 15.3 Å². The van der Waals surface area contributed by atoms with E-state index in [9.17, 15) is 13.6 Å². The van der Waals surface area contributed by atoms with Gasteiger partial charge >= 0.3 is 0 Å². The zero-order chi connectivity index (χ0) is 19.2. The summed E-state index contributed by atoms with van der Waals surface area (Å²) in [5.41, 5.74) is 3.43. The van der Waals surface area contributed by atoms with Crippen LogP contribution in [0.25, 0.3) is 0 Å². The molecule has 0 unspecified atom stereocenters. The van der Waals surface area contributed by atoms with E-state index in [1.807, 2.05) is 32.0 Å². The van der Waals surface area contributed by atoms with Crippen molar-refractivity contribution in [2.45, 2.75) is 38.7 Å². The van der Waals surface area contributed by atoms with E-state index < -0.39 is 30.6 Å². The third kappa shape index (κ3) is 3.54. The molecule has 5 nitrogen and oxygen atoms in total. The van der Waals surface area contributed by atoms with Gasteiger partial charge in [0.25, 0.3) is 0 Å². The van der Waals surface area contributed by atoms with Crippen molar-refractivity contribution in [2.75, 3.05) is 5.32 Å². The fourth-order valence-corrected chi connectivity index (χ4v) is 3.22. The van der Waals surface area contributed by atoms with Crippen LogP contribution in [0, 0.1) is 5.92 Å². The molecular weight excluding hydrogens is 352 g/mol. The van der Waals surface area contributed by atoms with Crippen molar-refractivity contribution in [1.82, 2.24) is 4.98 Å². The number of pyridine rings is 1. The molecule has 27 heavy (non-hydrogen) atoms. The summed E-state index contributed by atoms with van der Waals surface area (Å²) in [5.74, 6) is -2.71. The second-order valence-corrected chi connectivity index (χ2v) is 7.19. The molecule has 1 aromatic heterocycles. The highest BCUT2D eigenvalue weighted by atomic mass is 19.3. The number of rotatable bonds is 5. The molecule has 1 N–H and O–H groups in total. The second kappa shape index (κ2) is 6.40. The molecule has 4 rings (SSSR count). The smallest absolute Gasteiger partial charge is 0.249 e. The summed E-state index contributed by atoms with van der Waals surface area (Å²) in [7, 11) is 0. The van der Waals surface area contributed by atoms with Gasteiger partial charge in [-0.05, 0) is 44.2 Å². The first kappa shape index (κ1) is 17.6. The number of anilines is 1. The van der Waals surface area contributed by atoms with E-state index >= 15 is 0 Å². The highest BCUT2D eigenvalue weighted by molar-refractivity contribution is 6.22. The van der Waals surface area contributed by atoms with E-state index in [-0.39, 0.29) is 6.10 Å². The number of fused-ring (bicyclic) bond motifs is 1. The summed E-state index contributed by atoms with van der Waals surface area (Å²) in [6.45, 7) is 3.92. The summed E-state index contributed by atoms with van der Waals surface area (Å²) in [6, 6.07) is 9.22. The van der Waals surface area contributed by atoms with Crippen molar-refractivity contribution >= 4 is 23.1 Å². The van der Waals surface area contributed by atoms with Gasteiger partial charge in [-0.1, -0.05) is 0 Å². The lowest BCUT2D eigenvalue weighted by Gasteiger charge is -2.33. The van der Waals surface area contributed by atoms with Crippen LogP contribution in [-0.4, -0.2) is 28.6 Å². The Hall–Kier alpha value is -2.83. The molecule has 2 aromatic rings. The average molecular weight is 371 g/mol. The molecule has 1 saturated carbocycles. The van der Waals surface area contributed by atoms with E-state index in [0.29, 0.717) is 5.82 Å². The fraction of sp³-hybridized carbons (Fsp3) is 0.350. The predicted molar refractivity (Wildman–Crippen MR) is 98.0 cm³/mol. The van der Waals surface area contributed by atoms with Gasteiger partial charge in [-0.25, -0.2) is 18.8 Å². The van der Waals surface area contributed by atoms with Gasteiger partial charge in [0, 0.05) is 36.1 Å². The van der Waals surface area contributed by atoms with Crippen LogP contribution >= 0.6 is 0 Å². The second-order valence-electron chi connectivity index (χ2n) is 7.19. The Kier molecular flexibility index (Phi) is 4.17. The standard InChI is InChI=1S/C20H19F2N3O2/c1-11(2)27-14-3-4-16-15(8-14)18(24-16)12-5-6-23-17(7-12)25-19(26)13-9-20(21,22)10-13/h3-8,11,13H,9-10H2,1-2H3,(H,23,25,26).